The summed E-state index contributed by atoms with van der Waals surface area (Å²) in [7, 11) is 0. The molecule has 0 aromatic heterocycles. The van der Waals surface area contributed by atoms with Gasteiger partial charge in [-0.25, -0.2) is 4.79 Å². The molecule has 148 valence electrons. The second-order valence-corrected chi connectivity index (χ2v) is 6.35. The highest BCUT2D eigenvalue weighted by Gasteiger charge is 2.13. The lowest BCUT2D eigenvalue weighted by Gasteiger charge is -2.08. The van der Waals surface area contributed by atoms with E-state index in [2.05, 4.69) is 11.4 Å². The molecule has 0 aliphatic heterocycles. The second kappa shape index (κ2) is 9.71. The van der Waals surface area contributed by atoms with Crippen molar-refractivity contribution in [1.29, 1.82) is 5.26 Å². The zero-order valence-electron chi connectivity index (χ0n) is 15.9. The predicted octanol–water partition coefficient (Wildman–Crippen LogP) is 3.99. The molecule has 6 nitrogen and oxygen atoms in total. The van der Waals surface area contributed by atoms with Crippen LogP contribution in [0.25, 0.3) is 6.08 Å². The summed E-state index contributed by atoms with van der Waals surface area (Å²) >= 11 is 0. The lowest BCUT2D eigenvalue weighted by molar-refractivity contribution is -0.132. The number of nitriles is 1. The molecule has 0 saturated heterocycles. The molecular weight excluding hydrogens is 380 g/mol. The Morgan fingerprint density at radius 1 is 1.00 bits per heavy atom. The summed E-state index contributed by atoms with van der Waals surface area (Å²) in [4.78, 5) is 23.7. The average Bonchev–Trinajstić information content (AvgIpc) is 2.78. The first-order valence-corrected chi connectivity index (χ1v) is 9.08. The maximum Gasteiger partial charge on any atom is 0.352 e. The molecule has 30 heavy (non-hydrogen) atoms. The van der Waals surface area contributed by atoms with E-state index in [0.717, 1.165) is 5.56 Å². The van der Waals surface area contributed by atoms with Crippen LogP contribution < -0.4 is 10.1 Å². The molecule has 0 saturated carbocycles. The Morgan fingerprint density at radius 3 is 2.40 bits per heavy atom. The standard InChI is InChI=1S/C24H18N2O4/c25-15-18-5-4-6-19(13-18)16-30-21-11-9-17(10-12-21)14-22(24(28)29)26-23(27)20-7-2-1-3-8-20/h1-14H,16H2,(H,26,27)(H,28,29). The molecule has 3 rings (SSSR count). The number of carboxylic acid groups (broad SMARTS) is 1. The number of rotatable bonds is 7. The van der Waals surface area contributed by atoms with Gasteiger partial charge in [-0.15, -0.1) is 0 Å². The average molecular weight is 398 g/mol. The molecule has 0 aliphatic rings. The third-order valence-electron chi connectivity index (χ3n) is 4.17. The second-order valence-electron chi connectivity index (χ2n) is 6.35. The normalized spacial score (nSPS) is 10.7. The van der Waals surface area contributed by atoms with Gasteiger partial charge in [0.15, 0.2) is 0 Å². The predicted molar refractivity (Wildman–Crippen MR) is 111 cm³/mol. The largest absolute Gasteiger partial charge is 0.489 e. The van der Waals surface area contributed by atoms with Crippen molar-refractivity contribution in [3.63, 3.8) is 0 Å². The minimum absolute atomic E-state index is 0.231. The van der Waals surface area contributed by atoms with Gasteiger partial charge in [-0.3, -0.25) is 4.79 Å². The first-order valence-electron chi connectivity index (χ1n) is 9.08. The highest BCUT2D eigenvalue weighted by Crippen LogP contribution is 2.16. The zero-order valence-corrected chi connectivity index (χ0v) is 15.9. The Labute approximate surface area is 173 Å². The molecule has 0 aliphatic carbocycles. The minimum Gasteiger partial charge on any atom is -0.489 e. The van der Waals surface area contributed by atoms with Crippen molar-refractivity contribution in [2.75, 3.05) is 0 Å². The Hall–Kier alpha value is -4.37. The van der Waals surface area contributed by atoms with Crippen LogP contribution in [0, 0.1) is 11.3 Å². The maximum atomic E-state index is 12.2. The van der Waals surface area contributed by atoms with Crippen molar-refractivity contribution in [2.45, 2.75) is 6.61 Å². The number of benzene rings is 3. The Kier molecular flexibility index (Phi) is 6.59. The van der Waals surface area contributed by atoms with Gasteiger partial charge in [0.25, 0.3) is 5.91 Å². The van der Waals surface area contributed by atoms with Crippen molar-refractivity contribution in [1.82, 2.24) is 5.32 Å². The van der Waals surface area contributed by atoms with E-state index in [1.807, 2.05) is 6.07 Å². The van der Waals surface area contributed by atoms with Crippen molar-refractivity contribution < 1.29 is 19.4 Å². The Balaban J connectivity index is 1.67. The Morgan fingerprint density at radius 2 is 1.73 bits per heavy atom. The molecule has 3 aromatic carbocycles. The molecule has 0 radical (unpaired) electrons. The molecule has 0 atom stereocenters. The Bertz CT molecular complexity index is 1110. The number of ether oxygens (including phenoxy) is 1. The SMILES string of the molecule is N#Cc1cccc(COc2ccc(C=C(NC(=O)c3ccccc3)C(=O)O)cc2)c1. The number of hydrogen-bond donors (Lipinski definition) is 2. The monoisotopic (exact) mass is 398 g/mol. The van der Waals surface area contributed by atoms with Crippen molar-refractivity contribution in [3.8, 4) is 11.8 Å². The first kappa shape index (κ1) is 20.4. The fraction of sp³-hybridized carbons (Fsp3) is 0.0417. The quantitative estimate of drug-likeness (QED) is 0.586. The van der Waals surface area contributed by atoms with Gasteiger partial charge in [-0.05, 0) is 53.6 Å². The lowest BCUT2D eigenvalue weighted by atomic mass is 10.1. The molecule has 0 spiro atoms. The summed E-state index contributed by atoms with van der Waals surface area (Å²) in [5.41, 5.74) is 2.17. The number of nitrogens with zero attached hydrogens (tertiary/aromatic N) is 1. The van der Waals surface area contributed by atoms with Gasteiger partial charge in [0.1, 0.15) is 18.1 Å². The number of carbonyl (C=O) groups excluding carboxylic acids is 1. The van der Waals surface area contributed by atoms with Crippen LogP contribution in [-0.2, 0) is 11.4 Å². The van der Waals surface area contributed by atoms with E-state index < -0.39 is 11.9 Å². The van der Waals surface area contributed by atoms with Crippen LogP contribution in [0.2, 0.25) is 0 Å². The summed E-state index contributed by atoms with van der Waals surface area (Å²) in [5.74, 6) is -1.14. The van der Waals surface area contributed by atoms with Crippen LogP contribution in [0.3, 0.4) is 0 Å². The lowest BCUT2D eigenvalue weighted by Crippen LogP contribution is -2.27. The van der Waals surface area contributed by atoms with E-state index in [9.17, 15) is 14.7 Å². The highest BCUT2D eigenvalue weighted by molar-refractivity contribution is 6.02. The molecule has 0 heterocycles. The minimum atomic E-state index is -1.24. The highest BCUT2D eigenvalue weighted by atomic mass is 16.5. The molecule has 0 fully saturated rings. The van der Waals surface area contributed by atoms with E-state index in [1.54, 1.807) is 72.8 Å². The van der Waals surface area contributed by atoms with Gasteiger partial charge in [-0.1, -0.05) is 42.5 Å². The number of nitrogens with one attached hydrogen (secondary N) is 1. The van der Waals surface area contributed by atoms with E-state index in [1.165, 1.54) is 6.08 Å². The smallest absolute Gasteiger partial charge is 0.352 e. The van der Waals surface area contributed by atoms with Gasteiger partial charge in [0.2, 0.25) is 0 Å². The molecule has 6 heteroatoms. The van der Waals surface area contributed by atoms with Crippen LogP contribution >= 0.6 is 0 Å². The summed E-state index contributed by atoms with van der Waals surface area (Å²) in [6.45, 7) is 0.304. The molecule has 0 unspecified atom stereocenters. The van der Waals surface area contributed by atoms with E-state index in [4.69, 9.17) is 10.00 Å². The summed E-state index contributed by atoms with van der Waals surface area (Å²) in [5, 5.41) is 20.8. The van der Waals surface area contributed by atoms with E-state index in [-0.39, 0.29) is 5.70 Å². The van der Waals surface area contributed by atoms with Gasteiger partial charge in [0.05, 0.1) is 11.6 Å². The number of amides is 1. The maximum absolute atomic E-state index is 12.2. The van der Waals surface area contributed by atoms with Gasteiger partial charge in [0, 0.05) is 5.56 Å². The zero-order chi connectivity index (χ0) is 21.3. The fourth-order valence-corrected chi connectivity index (χ4v) is 2.66. The summed E-state index contributed by atoms with van der Waals surface area (Å²) in [6, 6.07) is 24.4. The van der Waals surface area contributed by atoms with Gasteiger partial charge >= 0.3 is 5.97 Å². The van der Waals surface area contributed by atoms with E-state index in [0.29, 0.717) is 29.0 Å². The number of aliphatic carboxylic acids is 1. The molecule has 0 bridgehead atoms. The summed E-state index contributed by atoms with van der Waals surface area (Å²) < 4.78 is 5.71. The number of carboxylic acids is 1. The van der Waals surface area contributed by atoms with Crippen LogP contribution in [-0.4, -0.2) is 17.0 Å². The van der Waals surface area contributed by atoms with Gasteiger partial charge < -0.3 is 15.2 Å². The molecule has 3 aromatic rings. The molecule has 1 amide bonds. The first-order chi connectivity index (χ1) is 14.5. The van der Waals surface area contributed by atoms with E-state index >= 15 is 0 Å². The van der Waals surface area contributed by atoms with Crippen LogP contribution in [0.1, 0.15) is 27.0 Å². The fourth-order valence-electron chi connectivity index (χ4n) is 2.66. The van der Waals surface area contributed by atoms with Crippen LogP contribution in [0.5, 0.6) is 5.75 Å². The van der Waals surface area contributed by atoms with Crippen LogP contribution in [0.4, 0.5) is 0 Å². The third-order valence-corrected chi connectivity index (χ3v) is 4.17. The third kappa shape index (κ3) is 5.57. The molecular formula is C24H18N2O4. The number of hydrogen-bond acceptors (Lipinski definition) is 4. The molecule has 2 N–H and O–H groups in total. The van der Waals surface area contributed by atoms with Gasteiger partial charge in [-0.2, -0.15) is 5.26 Å². The van der Waals surface area contributed by atoms with Crippen molar-refractivity contribution in [3.05, 3.63) is 107 Å². The van der Waals surface area contributed by atoms with Crippen molar-refractivity contribution >= 4 is 18.0 Å². The van der Waals surface area contributed by atoms with Crippen LogP contribution in [0.15, 0.2) is 84.6 Å². The number of carbonyl (C=O) groups is 2. The summed E-state index contributed by atoms with van der Waals surface area (Å²) in [6.07, 6.45) is 1.38. The van der Waals surface area contributed by atoms with Crippen molar-refractivity contribution in [2.24, 2.45) is 0 Å². The topological polar surface area (TPSA) is 99.4 Å².